The second-order valence-corrected chi connectivity index (χ2v) is 4.71. The number of fused-ring (bicyclic) bond motifs is 1. The summed E-state index contributed by atoms with van der Waals surface area (Å²) in [6, 6.07) is 5.19. The molecule has 98 valence electrons. The summed E-state index contributed by atoms with van der Waals surface area (Å²) in [6.45, 7) is 7.09. The number of rotatable bonds is 5. The summed E-state index contributed by atoms with van der Waals surface area (Å²) in [6.07, 6.45) is 0. The van der Waals surface area contributed by atoms with Crippen molar-refractivity contribution in [2.45, 2.75) is 26.8 Å². The molecule has 0 unspecified atom stereocenters. The van der Waals surface area contributed by atoms with Gasteiger partial charge in [0.2, 0.25) is 6.79 Å². The zero-order valence-corrected chi connectivity index (χ0v) is 11.0. The molecule has 0 amide bonds. The van der Waals surface area contributed by atoms with E-state index in [2.05, 4.69) is 5.32 Å². The summed E-state index contributed by atoms with van der Waals surface area (Å²) in [7, 11) is 0. The molecule has 4 nitrogen and oxygen atoms in total. The lowest BCUT2D eigenvalue weighted by molar-refractivity contribution is 0.0918. The van der Waals surface area contributed by atoms with Crippen molar-refractivity contribution in [1.29, 1.82) is 0 Å². The molecule has 0 spiro atoms. The normalized spacial score (nSPS) is 14.9. The van der Waals surface area contributed by atoms with E-state index in [0.29, 0.717) is 17.1 Å². The highest BCUT2D eigenvalue weighted by molar-refractivity contribution is 6.00. The first-order valence-corrected chi connectivity index (χ1v) is 6.30. The van der Waals surface area contributed by atoms with E-state index >= 15 is 0 Å². The molecule has 0 radical (unpaired) electrons. The van der Waals surface area contributed by atoms with Crippen LogP contribution in [-0.4, -0.2) is 25.2 Å². The third kappa shape index (κ3) is 2.48. The molecule has 0 aromatic heterocycles. The third-order valence-corrected chi connectivity index (χ3v) is 3.03. The van der Waals surface area contributed by atoms with Crippen LogP contribution in [0.15, 0.2) is 18.2 Å². The first-order valence-electron chi connectivity index (χ1n) is 6.30. The summed E-state index contributed by atoms with van der Waals surface area (Å²) >= 11 is 0. The zero-order valence-electron chi connectivity index (χ0n) is 11.0. The summed E-state index contributed by atoms with van der Waals surface area (Å²) in [5.41, 5.74) is 0.666. The Morgan fingerprint density at radius 2 is 2.06 bits per heavy atom. The average Bonchev–Trinajstić information content (AvgIpc) is 2.81. The van der Waals surface area contributed by atoms with Crippen LogP contribution in [-0.2, 0) is 0 Å². The van der Waals surface area contributed by atoms with Crippen LogP contribution in [0.3, 0.4) is 0 Å². The first kappa shape index (κ1) is 12.9. The van der Waals surface area contributed by atoms with Gasteiger partial charge in [0.05, 0.1) is 6.04 Å². The quantitative estimate of drug-likeness (QED) is 0.813. The minimum Gasteiger partial charge on any atom is -0.454 e. The molecule has 0 saturated carbocycles. The van der Waals surface area contributed by atoms with Crippen LogP contribution in [0, 0.1) is 5.92 Å². The lowest BCUT2D eigenvalue weighted by Gasteiger charge is -2.20. The summed E-state index contributed by atoms with van der Waals surface area (Å²) in [5.74, 6) is 1.71. The summed E-state index contributed by atoms with van der Waals surface area (Å²) in [5, 5.41) is 3.23. The molecule has 1 aromatic carbocycles. The molecule has 0 fully saturated rings. The minimum atomic E-state index is -0.157. The molecule has 1 aromatic rings. The molecule has 0 aliphatic carbocycles. The molecule has 0 bridgehead atoms. The Labute approximate surface area is 107 Å². The lowest BCUT2D eigenvalue weighted by atomic mass is 9.95. The fourth-order valence-electron chi connectivity index (χ4n) is 2.08. The maximum absolute atomic E-state index is 12.4. The second kappa shape index (κ2) is 5.40. The molecule has 0 saturated heterocycles. The first-order chi connectivity index (χ1) is 8.63. The number of carbonyl (C=O) groups is 1. The molecule has 18 heavy (non-hydrogen) atoms. The van der Waals surface area contributed by atoms with E-state index in [-0.39, 0.29) is 24.5 Å². The maximum Gasteiger partial charge on any atom is 0.231 e. The fourth-order valence-corrected chi connectivity index (χ4v) is 2.08. The third-order valence-electron chi connectivity index (χ3n) is 3.03. The van der Waals surface area contributed by atoms with E-state index in [0.717, 1.165) is 6.54 Å². The Balaban J connectivity index is 2.22. The van der Waals surface area contributed by atoms with Gasteiger partial charge >= 0.3 is 0 Å². The van der Waals surface area contributed by atoms with Gasteiger partial charge < -0.3 is 14.8 Å². The van der Waals surface area contributed by atoms with E-state index in [4.69, 9.17) is 9.47 Å². The SMILES string of the molecule is CCN[C@H](C(=O)c1ccc2c(c1)OCO2)C(C)C. The van der Waals surface area contributed by atoms with Crippen molar-refractivity contribution < 1.29 is 14.3 Å². The number of likely N-dealkylation sites (N-methyl/N-ethyl adjacent to an activating group) is 1. The Kier molecular flexibility index (Phi) is 3.87. The summed E-state index contributed by atoms with van der Waals surface area (Å²) in [4.78, 5) is 12.4. The number of Topliss-reactive ketones (excluding diaryl/α,β-unsaturated/α-hetero) is 1. The molecule has 1 heterocycles. The predicted molar refractivity (Wildman–Crippen MR) is 69.2 cm³/mol. The largest absolute Gasteiger partial charge is 0.454 e. The van der Waals surface area contributed by atoms with Gasteiger partial charge in [0.25, 0.3) is 0 Å². The molecular weight excluding hydrogens is 230 g/mol. The fraction of sp³-hybridized carbons (Fsp3) is 0.500. The summed E-state index contributed by atoms with van der Waals surface area (Å²) < 4.78 is 10.5. The highest BCUT2D eigenvalue weighted by Gasteiger charge is 2.24. The number of nitrogens with one attached hydrogen (secondary N) is 1. The number of hydrogen-bond acceptors (Lipinski definition) is 4. The number of ketones is 1. The van der Waals surface area contributed by atoms with Crippen molar-refractivity contribution in [2.75, 3.05) is 13.3 Å². The predicted octanol–water partition coefficient (Wildman–Crippen LogP) is 2.23. The van der Waals surface area contributed by atoms with Crippen LogP contribution in [0.2, 0.25) is 0 Å². The van der Waals surface area contributed by atoms with Gasteiger partial charge in [-0.2, -0.15) is 0 Å². The highest BCUT2D eigenvalue weighted by Crippen LogP contribution is 2.33. The van der Waals surface area contributed by atoms with E-state index in [1.54, 1.807) is 18.2 Å². The van der Waals surface area contributed by atoms with Gasteiger partial charge in [-0.1, -0.05) is 20.8 Å². The molecule has 1 aliphatic heterocycles. The van der Waals surface area contributed by atoms with Crippen molar-refractivity contribution in [3.8, 4) is 11.5 Å². The van der Waals surface area contributed by atoms with Crippen LogP contribution >= 0.6 is 0 Å². The minimum absolute atomic E-state index is 0.102. The Hall–Kier alpha value is -1.55. The molecule has 2 rings (SSSR count). The number of hydrogen-bond donors (Lipinski definition) is 1. The number of carbonyl (C=O) groups excluding carboxylic acids is 1. The van der Waals surface area contributed by atoms with Crippen LogP contribution in [0.25, 0.3) is 0 Å². The maximum atomic E-state index is 12.4. The van der Waals surface area contributed by atoms with Gasteiger partial charge in [-0.05, 0) is 30.7 Å². The van der Waals surface area contributed by atoms with Crippen molar-refractivity contribution >= 4 is 5.78 Å². The lowest BCUT2D eigenvalue weighted by Crippen LogP contribution is -2.40. The molecular formula is C14H19NO3. The topological polar surface area (TPSA) is 47.6 Å². The van der Waals surface area contributed by atoms with Crippen molar-refractivity contribution in [2.24, 2.45) is 5.92 Å². The van der Waals surface area contributed by atoms with Gasteiger partial charge in [0.15, 0.2) is 17.3 Å². The number of benzene rings is 1. The Morgan fingerprint density at radius 1 is 1.33 bits per heavy atom. The van der Waals surface area contributed by atoms with Gasteiger partial charge in [0, 0.05) is 5.56 Å². The molecule has 1 atom stereocenters. The molecule has 4 heteroatoms. The smallest absolute Gasteiger partial charge is 0.231 e. The van der Waals surface area contributed by atoms with Gasteiger partial charge in [0.1, 0.15) is 0 Å². The van der Waals surface area contributed by atoms with Crippen LogP contribution in [0.4, 0.5) is 0 Å². The van der Waals surface area contributed by atoms with Crippen molar-refractivity contribution in [3.63, 3.8) is 0 Å². The van der Waals surface area contributed by atoms with Crippen molar-refractivity contribution in [1.82, 2.24) is 5.32 Å². The number of ether oxygens (including phenoxy) is 2. The van der Waals surface area contributed by atoms with E-state index in [1.165, 1.54) is 0 Å². The standard InChI is InChI=1S/C14H19NO3/c1-4-15-13(9(2)3)14(16)10-5-6-11-12(7-10)18-8-17-11/h5-7,9,13,15H,4,8H2,1-3H3/t13-/m0/s1. The van der Waals surface area contributed by atoms with Crippen LogP contribution in [0.5, 0.6) is 11.5 Å². The van der Waals surface area contributed by atoms with Gasteiger partial charge in [-0.15, -0.1) is 0 Å². The van der Waals surface area contributed by atoms with Gasteiger partial charge in [-0.25, -0.2) is 0 Å². The van der Waals surface area contributed by atoms with E-state index in [9.17, 15) is 4.79 Å². The van der Waals surface area contributed by atoms with Crippen molar-refractivity contribution in [3.05, 3.63) is 23.8 Å². The Morgan fingerprint density at radius 3 is 2.72 bits per heavy atom. The van der Waals surface area contributed by atoms with Crippen LogP contribution < -0.4 is 14.8 Å². The van der Waals surface area contributed by atoms with Crippen LogP contribution in [0.1, 0.15) is 31.1 Å². The monoisotopic (exact) mass is 249 g/mol. The molecule has 1 N–H and O–H groups in total. The highest BCUT2D eigenvalue weighted by atomic mass is 16.7. The zero-order chi connectivity index (χ0) is 13.1. The van der Waals surface area contributed by atoms with Gasteiger partial charge in [-0.3, -0.25) is 4.79 Å². The van der Waals surface area contributed by atoms with E-state index < -0.39 is 0 Å². The Bertz CT molecular complexity index is 443. The second-order valence-electron chi connectivity index (χ2n) is 4.71. The molecule has 1 aliphatic rings. The average molecular weight is 249 g/mol. The van der Waals surface area contributed by atoms with E-state index in [1.807, 2.05) is 20.8 Å².